The molecule has 4 aromatic carbocycles. The second-order valence-corrected chi connectivity index (χ2v) is 8.24. The molecule has 4 nitrogen and oxygen atoms in total. The van der Waals surface area contributed by atoms with Gasteiger partial charge in [0.15, 0.2) is 0 Å². The van der Waals surface area contributed by atoms with E-state index in [1.165, 1.54) is 5.56 Å². The van der Waals surface area contributed by atoms with E-state index in [2.05, 4.69) is 42.2 Å². The van der Waals surface area contributed by atoms with E-state index in [9.17, 15) is 5.11 Å². The topological polar surface area (TPSA) is 59.2 Å². The normalized spacial score (nSPS) is 11.0. The minimum absolute atomic E-state index is 0. The number of hydrogen-bond donors (Lipinski definition) is 1. The number of benzene rings is 4. The smallest absolute Gasteiger partial charge is 0.230 e. The van der Waals surface area contributed by atoms with Crippen LogP contribution in [-0.2, 0) is 27.5 Å². The summed E-state index contributed by atoms with van der Waals surface area (Å²) in [6.45, 7) is 2.16. The van der Waals surface area contributed by atoms with Crippen LogP contribution in [0.3, 0.4) is 0 Å². The number of phenolic OH excluding ortho intramolecular Hbond substituents is 1. The monoisotopic (exact) mass is 636 g/mol. The number of aryl methyl sites for hydroxylation is 1. The maximum Gasteiger partial charge on any atom is 0.230 e. The number of oxazole rings is 1. The number of rotatable bonds is 4. The van der Waals surface area contributed by atoms with Crippen molar-refractivity contribution < 1.29 is 30.6 Å². The number of para-hydroxylation sites is 2. The van der Waals surface area contributed by atoms with Crippen LogP contribution in [0.15, 0.2) is 95.5 Å². The van der Waals surface area contributed by atoms with Crippen LogP contribution >= 0.6 is 0 Å². The van der Waals surface area contributed by atoms with E-state index in [4.69, 9.17) is 9.40 Å². The van der Waals surface area contributed by atoms with E-state index in [-0.39, 0.29) is 26.8 Å². The predicted octanol–water partition coefficient (Wildman–Crippen LogP) is 7.44. The molecule has 0 fully saturated rings. The molecule has 6 rings (SSSR count). The van der Waals surface area contributed by atoms with E-state index in [1.807, 2.05) is 48.7 Å². The van der Waals surface area contributed by atoms with Gasteiger partial charge >= 0.3 is 0 Å². The Balaban J connectivity index is 0.00000253. The van der Waals surface area contributed by atoms with Gasteiger partial charge in [-0.2, -0.15) is 0 Å². The van der Waals surface area contributed by atoms with Crippen LogP contribution in [0.4, 0.5) is 0 Å². The predicted molar refractivity (Wildman–Crippen MR) is 135 cm³/mol. The number of aromatic nitrogens is 2. The summed E-state index contributed by atoms with van der Waals surface area (Å²) < 4.78 is 6.00. The molecule has 0 aliphatic rings. The van der Waals surface area contributed by atoms with Crippen LogP contribution < -0.4 is 0 Å². The molecular weight excluding hydrogens is 615 g/mol. The van der Waals surface area contributed by atoms with E-state index >= 15 is 0 Å². The number of nitrogens with zero attached hydrogens (tertiary/aromatic N) is 2. The third kappa shape index (κ3) is 4.15. The fourth-order valence-corrected chi connectivity index (χ4v) is 4.38. The van der Waals surface area contributed by atoms with Gasteiger partial charge in [-0.15, -0.1) is 35.4 Å². The summed E-state index contributed by atoms with van der Waals surface area (Å²) in [5, 5.41) is 11.4. The van der Waals surface area contributed by atoms with Crippen LogP contribution in [-0.4, -0.2) is 15.1 Å². The maximum absolute atomic E-state index is 10.3. The van der Waals surface area contributed by atoms with Gasteiger partial charge in [0.1, 0.15) is 11.3 Å². The molecule has 0 saturated heterocycles. The van der Waals surface area contributed by atoms with Crippen LogP contribution in [0.25, 0.3) is 55.7 Å². The summed E-state index contributed by atoms with van der Waals surface area (Å²) in [6, 6.07) is 31.1. The molecule has 0 aliphatic carbocycles. The second-order valence-electron chi connectivity index (χ2n) is 8.24. The molecule has 174 valence electrons. The van der Waals surface area contributed by atoms with Gasteiger partial charge in [-0.1, -0.05) is 66.1 Å². The zero-order chi connectivity index (χ0) is 23.1. The van der Waals surface area contributed by atoms with Crippen molar-refractivity contribution in [2.24, 2.45) is 0 Å². The SMILES string of the molecule is CCc1cc(-c2[c-]c(-c3cccc4oc(-c5ccccc5O)nc34)ccc2)c2ncccc2c1.[Pt]. The van der Waals surface area contributed by atoms with Crippen LogP contribution in [0.2, 0.25) is 0 Å². The van der Waals surface area contributed by atoms with Gasteiger partial charge in [-0.3, -0.25) is 4.98 Å². The Morgan fingerprint density at radius 3 is 2.40 bits per heavy atom. The molecule has 0 radical (unpaired) electrons. The molecule has 0 aliphatic heterocycles. The van der Waals surface area contributed by atoms with Gasteiger partial charge in [-0.25, -0.2) is 4.98 Å². The summed E-state index contributed by atoms with van der Waals surface area (Å²) >= 11 is 0. The Bertz CT molecular complexity index is 1670. The minimum Gasteiger partial charge on any atom is -0.507 e. The Kier molecular flexibility index (Phi) is 6.23. The van der Waals surface area contributed by atoms with Gasteiger partial charge < -0.3 is 9.52 Å². The Morgan fingerprint density at radius 1 is 0.800 bits per heavy atom. The standard InChI is InChI=1S/C30H21N2O2.Pt/c1-2-19-16-22-10-7-15-31-28(22)25(17-19)21-9-5-8-20(18-21)23-12-6-14-27-29(23)32-30(34-27)24-11-3-4-13-26(24)33;/h3-17,33H,2H2,1H3;/q-1;. The average Bonchev–Trinajstić information content (AvgIpc) is 3.32. The molecule has 2 heterocycles. The largest absolute Gasteiger partial charge is 0.507 e. The molecule has 1 N–H and O–H groups in total. The van der Waals surface area contributed by atoms with Crippen LogP contribution in [0.1, 0.15) is 12.5 Å². The van der Waals surface area contributed by atoms with Crippen molar-refractivity contribution in [1.29, 1.82) is 0 Å². The zero-order valence-corrected chi connectivity index (χ0v) is 21.2. The fraction of sp³-hybridized carbons (Fsp3) is 0.0667. The first-order chi connectivity index (χ1) is 16.7. The Hall–Kier alpha value is -3.75. The number of phenols is 1. The molecule has 0 saturated carbocycles. The molecule has 0 unspecified atom stereocenters. The molecule has 35 heavy (non-hydrogen) atoms. The van der Waals surface area contributed by atoms with Crippen molar-refractivity contribution in [2.75, 3.05) is 0 Å². The summed E-state index contributed by atoms with van der Waals surface area (Å²) in [6.07, 6.45) is 2.78. The number of pyridine rings is 1. The van der Waals surface area contributed by atoms with Crippen LogP contribution in [0.5, 0.6) is 5.75 Å². The van der Waals surface area contributed by atoms with E-state index in [0.717, 1.165) is 45.1 Å². The van der Waals surface area contributed by atoms with Crippen molar-refractivity contribution in [3.05, 3.63) is 103 Å². The molecular formula is C30H21N2O2Pt-. The summed E-state index contributed by atoms with van der Waals surface area (Å²) in [5.41, 5.74) is 8.09. The van der Waals surface area contributed by atoms with Crippen LogP contribution in [0, 0.1) is 6.07 Å². The minimum atomic E-state index is 0. The van der Waals surface area contributed by atoms with Gasteiger partial charge in [0.05, 0.1) is 11.1 Å². The summed E-state index contributed by atoms with van der Waals surface area (Å²) in [4.78, 5) is 9.40. The van der Waals surface area contributed by atoms with E-state index in [0.29, 0.717) is 17.0 Å². The number of fused-ring (bicyclic) bond motifs is 2. The first kappa shape index (κ1) is 23.0. The summed E-state index contributed by atoms with van der Waals surface area (Å²) in [5.74, 6) is 0.530. The molecule has 5 heteroatoms. The zero-order valence-electron chi connectivity index (χ0n) is 18.9. The molecule has 0 atom stereocenters. The third-order valence-corrected chi connectivity index (χ3v) is 6.10. The maximum atomic E-state index is 10.3. The fourth-order valence-electron chi connectivity index (χ4n) is 4.38. The first-order valence-electron chi connectivity index (χ1n) is 11.3. The van der Waals surface area contributed by atoms with Crippen molar-refractivity contribution in [2.45, 2.75) is 13.3 Å². The number of hydrogen-bond acceptors (Lipinski definition) is 4. The first-order valence-corrected chi connectivity index (χ1v) is 11.3. The van der Waals surface area contributed by atoms with E-state index in [1.54, 1.807) is 18.2 Å². The molecule has 6 aromatic rings. The van der Waals surface area contributed by atoms with Gasteiger partial charge in [-0.05, 0) is 36.1 Å². The quantitative estimate of drug-likeness (QED) is 0.205. The van der Waals surface area contributed by atoms with E-state index < -0.39 is 0 Å². The second kappa shape index (κ2) is 9.48. The summed E-state index contributed by atoms with van der Waals surface area (Å²) in [7, 11) is 0. The third-order valence-electron chi connectivity index (χ3n) is 6.10. The van der Waals surface area contributed by atoms with Gasteiger partial charge in [0.2, 0.25) is 5.89 Å². The molecule has 0 spiro atoms. The van der Waals surface area contributed by atoms with Crippen molar-refractivity contribution in [1.82, 2.24) is 9.97 Å². The van der Waals surface area contributed by atoms with Gasteiger partial charge in [0.25, 0.3) is 0 Å². The van der Waals surface area contributed by atoms with Crippen molar-refractivity contribution in [3.63, 3.8) is 0 Å². The van der Waals surface area contributed by atoms with Gasteiger partial charge in [0, 0.05) is 32.8 Å². The van der Waals surface area contributed by atoms with Crippen molar-refractivity contribution in [3.8, 4) is 39.5 Å². The molecule has 0 bridgehead atoms. The molecule has 2 aromatic heterocycles. The Labute approximate surface area is 217 Å². The molecule has 0 amide bonds. The number of aromatic hydroxyl groups is 1. The average molecular weight is 637 g/mol. The Morgan fingerprint density at radius 2 is 1.57 bits per heavy atom. The van der Waals surface area contributed by atoms with Crippen molar-refractivity contribution >= 4 is 22.0 Å².